The van der Waals surface area contributed by atoms with Gasteiger partial charge in [-0.2, -0.15) is 4.91 Å². The summed E-state index contributed by atoms with van der Waals surface area (Å²) in [6.07, 6.45) is 12.4. The van der Waals surface area contributed by atoms with Gasteiger partial charge in [0.2, 0.25) is 0 Å². The molecular formula is C23H28ClNO6. The van der Waals surface area contributed by atoms with Crippen molar-refractivity contribution in [2.45, 2.75) is 43.9 Å². The lowest BCUT2D eigenvalue weighted by Crippen LogP contribution is -2.21. The van der Waals surface area contributed by atoms with E-state index in [1.54, 1.807) is 66.8 Å². The Labute approximate surface area is 187 Å². The van der Waals surface area contributed by atoms with E-state index in [-0.39, 0.29) is 19.3 Å². The minimum atomic E-state index is -1.07. The van der Waals surface area contributed by atoms with Gasteiger partial charge in [-0.05, 0) is 31.0 Å². The summed E-state index contributed by atoms with van der Waals surface area (Å²) in [5, 5.41) is 31.8. The number of aliphatic hydroxyl groups is 2. The topological polar surface area (TPSA) is 116 Å². The fraction of sp³-hybridized carbons (Fsp3) is 0.348. The number of carbonyl (C=O) groups is 1. The molecule has 7 nitrogen and oxygen atoms in total. The van der Waals surface area contributed by atoms with Crippen molar-refractivity contribution in [2.75, 3.05) is 6.61 Å². The van der Waals surface area contributed by atoms with E-state index in [0.29, 0.717) is 23.8 Å². The molecule has 0 aliphatic carbocycles. The summed E-state index contributed by atoms with van der Waals surface area (Å²) in [7, 11) is 0. The average molecular weight is 450 g/mol. The van der Waals surface area contributed by atoms with Crippen molar-refractivity contribution in [3.8, 4) is 5.75 Å². The maximum Gasteiger partial charge on any atom is 0.303 e. The molecule has 0 fully saturated rings. The third kappa shape index (κ3) is 13.2. The van der Waals surface area contributed by atoms with Gasteiger partial charge in [0.15, 0.2) is 0 Å². The number of carboxylic acid groups (broad SMARTS) is 1. The monoisotopic (exact) mass is 449 g/mol. The van der Waals surface area contributed by atoms with Crippen LogP contribution < -0.4 is 4.74 Å². The first-order valence-electron chi connectivity index (χ1n) is 9.89. The van der Waals surface area contributed by atoms with Gasteiger partial charge in [0.25, 0.3) is 0 Å². The van der Waals surface area contributed by atoms with Gasteiger partial charge >= 0.3 is 5.97 Å². The van der Waals surface area contributed by atoms with Gasteiger partial charge in [-0.1, -0.05) is 71.5 Å². The number of hydrogen-bond donors (Lipinski definition) is 3. The lowest BCUT2D eigenvalue weighted by molar-refractivity contribution is -0.137. The minimum Gasteiger partial charge on any atom is -0.493 e. The third-order valence-corrected chi connectivity index (χ3v) is 4.33. The van der Waals surface area contributed by atoms with Gasteiger partial charge in [-0.3, -0.25) is 4.79 Å². The highest BCUT2D eigenvalue weighted by Crippen LogP contribution is 2.17. The number of aliphatic hydroxyl groups excluding tert-OH is 2. The molecule has 0 heterocycles. The number of nitrogens with zero attached hydrogens (tertiary/aromatic N) is 1. The molecule has 0 aromatic heterocycles. The van der Waals surface area contributed by atoms with Crippen LogP contribution in [0.15, 0.2) is 78.1 Å². The Morgan fingerprint density at radius 3 is 2.39 bits per heavy atom. The van der Waals surface area contributed by atoms with Crippen molar-refractivity contribution >= 4 is 17.6 Å². The molecule has 0 radical (unpaired) electrons. The van der Waals surface area contributed by atoms with E-state index in [9.17, 15) is 19.9 Å². The van der Waals surface area contributed by atoms with Crippen molar-refractivity contribution in [1.29, 1.82) is 0 Å². The van der Waals surface area contributed by atoms with Crippen molar-refractivity contribution in [3.05, 3.63) is 82.8 Å². The summed E-state index contributed by atoms with van der Waals surface area (Å²) < 4.78 is 5.52. The SMILES string of the molecule is O=N[C@@H](CCCC(=O)O)[C@H](O)/C=C/C=C/C=C\C=C\[C@H](O)CCOc1cccc(Cl)c1. The first-order valence-corrected chi connectivity index (χ1v) is 10.3. The molecule has 0 aliphatic heterocycles. The van der Waals surface area contributed by atoms with E-state index in [0.717, 1.165) is 0 Å². The lowest BCUT2D eigenvalue weighted by atomic mass is 10.0. The molecule has 0 saturated heterocycles. The van der Waals surface area contributed by atoms with Crippen molar-refractivity contribution in [1.82, 2.24) is 0 Å². The van der Waals surface area contributed by atoms with Crippen LogP contribution in [-0.2, 0) is 4.79 Å². The Kier molecular flexibility index (Phi) is 13.6. The first kappa shape index (κ1) is 26.3. The van der Waals surface area contributed by atoms with Crippen LogP contribution >= 0.6 is 11.6 Å². The predicted octanol–water partition coefficient (Wildman–Crippen LogP) is 4.45. The zero-order valence-corrected chi connectivity index (χ0v) is 17.8. The van der Waals surface area contributed by atoms with Gasteiger partial charge in [-0.15, -0.1) is 0 Å². The molecule has 8 heteroatoms. The zero-order chi connectivity index (χ0) is 22.9. The van der Waals surface area contributed by atoms with E-state index < -0.39 is 24.2 Å². The Hall–Kier alpha value is -2.74. The molecule has 0 unspecified atom stereocenters. The maximum atomic E-state index is 10.8. The number of aliphatic carboxylic acids is 1. The van der Waals surface area contributed by atoms with Crippen LogP contribution in [0.25, 0.3) is 0 Å². The molecule has 0 amide bonds. The Balaban J connectivity index is 2.26. The van der Waals surface area contributed by atoms with E-state index >= 15 is 0 Å². The number of benzene rings is 1. The Morgan fingerprint density at radius 2 is 1.74 bits per heavy atom. The summed E-state index contributed by atoms with van der Waals surface area (Å²) in [5.74, 6) is -0.292. The van der Waals surface area contributed by atoms with Crippen LogP contribution in [0.4, 0.5) is 0 Å². The summed E-state index contributed by atoms with van der Waals surface area (Å²) in [4.78, 5) is 21.3. The number of hydrogen-bond acceptors (Lipinski definition) is 6. The van der Waals surface area contributed by atoms with Gasteiger partial charge < -0.3 is 20.1 Å². The van der Waals surface area contributed by atoms with E-state index in [4.69, 9.17) is 21.4 Å². The molecule has 1 rings (SSSR count). The van der Waals surface area contributed by atoms with Crippen LogP contribution in [0.5, 0.6) is 5.75 Å². The van der Waals surface area contributed by atoms with Gasteiger partial charge in [-0.25, -0.2) is 0 Å². The largest absolute Gasteiger partial charge is 0.493 e. The predicted molar refractivity (Wildman–Crippen MR) is 121 cm³/mol. The lowest BCUT2D eigenvalue weighted by Gasteiger charge is -2.11. The number of halogens is 1. The number of carboxylic acids is 1. The van der Waals surface area contributed by atoms with Gasteiger partial charge in [0.05, 0.1) is 18.8 Å². The molecule has 1 aromatic carbocycles. The summed E-state index contributed by atoms with van der Waals surface area (Å²) in [6.45, 7) is 0.357. The van der Waals surface area contributed by atoms with E-state index in [1.807, 2.05) is 0 Å². The fourth-order valence-corrected chi connectivity index (χ4v) is 2.63. The fourth-order valence-electron chi connectivity index (χ4n) is 2.45. The van der Waals surface area contributed by atoms with Crippen LogP contribution in [0.2, 0.25) is 5.02 Å². The molecule has 3 N–H and O–H groups in total. The smallest absolute Gasteiger partial charge is 0.303 e. The average Bonchev–Trinajstić information content (AvgIpc) is 2.72. The second kappa shape index (κ2) is 16.0. The molecule has 168 valence electrons. The van der Waals surface area contributed by atoms with Gasteiger partial charge in [0.1, 0.15) is 11.8 Å². The second-order valence-corrected chi connectivity index (χ2v) is 7.09. The number of nitroso groups, excluding NO2 is 1. The molecule has 1 aromatic rings. The van der Waals surface area contributed by atoms with Crippen LogP contribution in [-0.4, -0.2) is 46.1 Å². The second-order valence-electron chi connectivity index (χ2n) is 6.65. The normalized spacial score (nSPS) is 15.1. The number of ether oxygens (including phenoxy) is 1. The molecule has 3 atom stereocenters. The molecular weight excluding hydrogens is 422 g/mol. The highest BCUT2D eigenvalue weighted by atomic mass is 35.5. The standard InChI is InChI=1S/C23H28ClNO6/c24-18-9-7-11-20(17-18)31-16-15-19(26)10-5-3-1-2-4-6-13-22(27)21(25-30)12-8-14-23(28)29/h1-7,9-11,13,17,19,21-22,26-27H,8,12,14-16H2,(H,28,29)/b3-1-,4-2+,10-5+,13-6+/t19-,21-,22+/m0/s1. The van der Waals surface area contributed by atoms with Crippen molar-refractivity contribution < 1.29 is 24.9 Å². The molecule has 0 spiro atoms. The van der Waals surface area contributed by atoms with E-state index in [2.05, 4.69) is 5.18 Å². The maximum absolute atomic E-state index is 10.8. The summed E-state index contributed by atoms with van der Waals surface area (Å²) >= 11 is 5.87. The van der Waals surface area contributed by atoms with Crippen LogP contribution in [0.1, 0.15) is 25.7 Å². The van der Waals surface area contributed by atoms with Crippen molar-refractivity contribution in [2.24, 2.45) is 5.18 Å². The third-order valence-electron chi connectivity index (χ3n) is 4.10. The van der Waals surface area contributed by atoms with E-state index in [1.165, 1.54) is 6.08 Å². The summed E-state index contributed by atoms with van der Waals surface area (Å²) in [5.41, 5.74) is 0. The molecule has 0 aliphatic rings. The zero-order valence-electron chi connectivity index (χ0n) is 17.1. The Bertz CT molecular complexity index is 790. The quantitative estimate of drug-likeness (QED) is 0.269. The molecule has 0 bridgehead atoms. The Morgan fingerprint density at radius 1 is 1.06 bits per heavy atom. The minimum absolute atomic E-state index is 0.0652. The highest BCUT2D eigenvalue weighted by molar-refractivity contribution is 6.30. The van der Waals surface area contributed by atoms with Crippen LogP contribution in [0, 0.1) is 4.91 Å². The number of allylic oxidation sites excluding steroid dienone is 6. The highest BCUT2D eigenvalue weighted by Gasteiger charge is 2.17. The molecule has 0 saturated carbocycles. The first-order chi connectivity index (χ1) is 14.9. The van der Waals surface area contributed by atoms with Crippen molar-refractivity contribution in [3.63, 3.8) is 0 Å². The van der Waals surface area contributed by atoms with Gasteiger partial charge in [0, 0.05) is 17.9 Å². The molecule has 31 heavy (non-hydrogen) atoms. The van der Waals surface area contributed by atoms with Crippen LogP contribution in [0.3, 0.4) is 0 Å². The summed E-state index contributed by atoms with van der Waals surface area (Å²) in [6, 6.07) is 6.19. The number of rotatable bonds is 15.